The fourth-order valence-corrected chi connectivity index (χ4v) is 8.10. The van der Waals surface area contributed by atoms with Crippen LogP contribution in [0.25, 0.3) is 10.8 Å². The molecule has 2 aromatic rings. The van der Waals surface area contributed by atoms with Crippen molar-refractivity contribution in [2.75, 3.05) is 27.1 Å². The number of ketones is 1. The van der Waals surface area contributed by atoms with Crippen LogP contribution in [0.5, 0.6) is 5.75 Å². The molecule has 2 aliphatic carbocycles. The lowest BCUT2D eigenvalue weighted by atomic mass is 9.70. The highest BCUT2D eigenvalue weighted by atomic mass is 32.2. The lowest BCUT2D eigenvalue weighted by Gasteiger charge is -2.38. The minimum atomic E-state index is -4.07. The SMILES string of the molecule is COc1ccc2cc(C(OC)(OC)[C@@H](C)OS(=O)(=O)CC34CCC(CC3=O)C4(C)C)ccc2c1. The molecule has 2 unspecified atom stereocenters. The largest absolute Gasteiger partial charge is 0.497 e. The highest BCUT2D eigenvalue weighted by molar-refractivity contribution is 7.86. The van der Waals surface area contributed by atoms with E-state index in [2.05, 4.69) is 0 Å². The molecule has 0 aromatic heterocycles. The van der Waals surface area contributed by atoms with E-state index in [9.17, 15) is 13.2 Å². The number of methoxy groups -OCH3 is 3. The molecule has 2 saturated carbocycles. The zero-order chi connectivity index (χ0) is 24.9. The van der Waals surface area contributed by atoms with Gasteiger partial charge in [0.05, 0.1) is 18.3 Å². The van der Waals surface area contributed by atoms with Gasteiger partial charge >= 0.3 is 0 Å². The predicted octanol–water partition coefficient (Wildman–Crippen LogP) is 4.42. The van der Waals surface area contributed by atoms with Gasteiger partial charge in [0, 0.05) is 26.2 Å². The van der Waals surface area contributed by atoms with Gasteiger partial charge in [-0.3, -0.25) is 8.98 Å². The summed E-state index contributed by atoms with van der Waals surface area (Å²) in [4.78, 5) is 12.9. The highest BCUT2D eigenvalue weighted by Crippen LogP contribution is 2.64. The van der Waals surface area contributed by atoms with Crippen molar-refractivity contribution in [2.45, 2.75) is 51.9 Å². The number of benzene rings is 2. The predicted molar refractivity (Wildman–Crippen MR) is 129 cm³/mol. The average molecular weight is 491 g/mol. The van der Waals surface area contributed by atoms with Gasteiger partial charge in [0.15, 0.2) is 0 Å². The minimum Gasteiger partial charge on any atom is -0.497 e. The van der Waals surface area contributed by atoms with Crippen molar-refractivity contribution in [1.29, 1.82) is 0 Å². The third-order valence-corrected chi connectivity index (χ3v) is 9.87. The molecule has 3 atom stereocenters. The normalized spacial score (nSPS) is 25.1. The number of fused-ring (bicyclic) bond motifs is 3. The van der Waals surface area contributed by atoms with Crippen molar-refractivity contribution in [2.24, 2.45) is 16.7 Å². The van der Waals surface area contributed by atoms with Crippen LogP contribution in [0.1, 0.15) is 45.6 Å². The first-order valence-electron chi connectivity index (χ1n) is 11.6. The van der Waals surface area contributed by atoms with Crippen molar-refractivity contribution in [3.8, 4) is 5.75 Å². The fourth-order valence-electron chi connectivity index (χ4n) is 6.18. The maximum atomic E-state index is 13.3. The molecule has 8 heteroatoms. The molecular formula is C26H34O7S. The Morgan fingerprint density at radius 1 is 1.06 bits per heavy atom. The number of carbonyl (C=O) groups excluding carboxylic acids is 1. The second-order valence-electron chi connectivity index (χ2n) is 10.1. The van der Waals surface area contributed by atoms with E-state index < -0.39 is 27.4 Å². The van der Waals surface area contributed by atoms with Gasteiger partial charge in [0.25, 0.3) is 10.1 Å². The second-order valence-corrected chi connectivity index (χ2v) is 11.7. The second kappa shape index (κ2) is 8.59. The molecule has 4 rings (SSSR count). The summed E-state index contributed by atoms with van der Waals surface area (Å²) in [6.45, 7) is 5.62. The van der Waals surface area contributed by atoms with E-state index in [4.69, 9.17) is 18.4 Å². The molecule has 0 aliphatic heterocycles. The molecule has 0 amide bonds. The summed E-state index contributed by atoms with van der Waals surface area (Å²) in [6.07, 6.45) is 0.886. The summed E-state index contributed by atoms with van der Waals surface area (Å²) in [7, 11) is 0.453. The molecule has 186 valence electrons. The summed E-state index contributed by atoms with van der Waals surface area (Å²) >= 11 is 0. The molecule has 0 saturated heterocycles. The van der Waals surface area contributed by atoms with Crippen LogP contribution in [0.2, 0.25) is 0 Å². The Balaban J connectivity index is 1.63. The molecule has 0 spiro atoms. The van der Waals surface area contributed by atoms with Crippen LogP contribution in [-0.4, -0.2) is 47.4 Å². The Kier molecular flexibility index (Phi) is 6.34. The monoisotopic (exact) mass is 490 g/mol. The zero-order valence-corrected chi connectivity index (χ0v) is 21.5. The lowest BCUT2D eigenvalue weighted by molar-refractivity contribution is -0.257. The Morgan fingerprint density at radius 2 is 1.71 bits per heavy atom. The molecule has 2 fully saturated rings. The van der Waals surface area contributed by atoms with Crippen LogP contribution in [0.4, 0.5) is 0 Å². The zero-order valence-electron chi connectivity index (χ0n) is 20.7. The smallest absolute Gasteiger partial charge is 0.268 e. The number of rotatable bonds is 9. The summed E-state index contributed by atoms with van der Waals surface area (Å²) in [5.41, 5.74) is -0.654. The molecule has 2 aromatic carbocycles. The van der Waals surface area contributed by atoms with E-state index >= 15 is 0 Å². The van der Waals surface area contributed by atoms with Gasteiger partial charge in [-0.15, -0.1) is 0 Å². The molecular weight excluding hydrogens is 456 g/mol. The summed E-state index contributed by atoms with van der Waals surface area (Å²) in [5.74, 6) is -0.796. The summed E-state index contributed by atoms with van der Waals surface area (Å²) in [5, 5.41) is 1.88. The molecule has 0 radical (unpaired) electrons. The van der Waals surface area contributed by atoms with Gasteiger partial charge in [-0.05, 0) is 60.1 Å². The number of carbonyl (C=O) groups is 1. The van der Waals surface area contributed by atoms with Crippen LogP contribution >= 0.6 is 0 Å². The van der Waals surface area contributed by atoms with Gasteiger partial charge in [-0.2, -0.15) is 8.42 Å². The number of Topliss-reactive ketones (excluding diaryl/α,β-unsaturated/α-hetero) is 1. The molecule has 0 N–H and O–H groups in total. The van der Waals surface area contributed by atoms with Crippen LogP contribution in [-0.2, 0) is 34.4 Å². The van der Waals surface area contributed by atoms with Gasteiger partial charge in [0.2, 0.25) is 5.79 Å². The average Bonchev–Trinajstić information content (AvgIpc) is 3.13. The van der Waals surface area contributed by atoms with E-state index in [1.165, 1.54) is 14.2 Å². The Bertz CT molecular complexity index is 1200. The quantitative estimate of drug-likeness (QED) is 0.380. The Labute approximate surface area is 201 Å². The first-order chi connectivity index (χ1) is 15.9. The topological polar surface area (TPSA) is 88.1 Å². The van der Waals surface area contributed by atoms with Crippen LogP contribution in [0.3, 0.4) is 0 Å². The van der Waals surface area contributed by atoms with E-state index in [-0.39, 0.29) is 22.9 Å². The van der Waals surface area contributed by atoms with Crippen molar-refractivity contribution >= 4 is 26.7 Å². The minimum absolute atomic E-state index is 0.0308. The van der Waals surface area contributed by atoms with Gasteiger partial charge in [0.1, 0.15) is 17.6 Å². The number of hydrogen-bond donors (Lipinski definition) is 0. The lowest BCUT2D eigenvalue weighted by Crippen LogP contribution is -2.47. The van der Waals surface area contributed by atoms with Gasteiger partial charge < -0.3 is 14.2 Å². The van der Waals surface area contributed by atoms with E-state index in [0.29, 0.717) is 18.4 Å². The van der Waals surface area contributed by atoms with E-state index in [1.807, 2.05) is 50.2 Å². The number of ether oxygens (including phenoxy) is 3. The van der Waals surface area contributed by atoms with E-state index in [1.54, 1.807) is 14.0 Å². The Morgan fingerprint density at radius 3 is 2.26 bits per heavy atom. The van der Waals surface area contributed by atoms with Crippen molar-refractivity contribution < 1.29 is 31.6 Å². The van der Waals surface area contributed by atoms with E-state index in [0.717, 1.165) is 22.9 Å². The van der Waals surface area contributed by atoms with Crippen molar-refractivity contribution in [3.05, 3.63) is 42.0 Å². The summed E-state index contributed by atoms with van der Waals surface area (Å²) in [6, 6.07) is 11.3. The number of hydrogen-bond acceptors (Lipinski definition) is 7. The molecule has 0 heterocycles. The molecule has 7 nitrogen and oxygen atoms in total. The Hall–Kier alpha value is -2.00. The fraction of sp³-hybridized carbons (Fsp3) is 0.577. The third-order valence-electron chi connectivity index (χ3n) is 8.44. The molecule has 34 heavy (non-hydrogen) atoms. The first-order valence-corrected chi connectivity index (χ1v) is 13.2. The van der Waals surface area contributed by atoms with Crippen molar-refractivity contribution in [1.82, 2.24) is 0 Å². The standard InChI is InChI=1S/C26H34O7S/c1-17(33-34(28,29)16-25-12-11-20(15-23(25)27)24(25,2)3)26(31-5,32-6)21-9-7-19-14-22(30-4)10-8-18(19)13-21/h7-10,13-14,17,20H,11-12,15-16H2,1-6H3/t17-,20?,25?/m1/s1. The van der Waals surface area contributed by atoms with Gasteiger partial charge in [-0.25, -0.2) is 0 Å². The van der Waals surface area contributed by atoms with Crippen LogP contribution in [0, 0.1) is 16.7 Å². The maximum Gasteiger partial charge on any atom is 0.268 e. The summed E-state index contributed by atoms with van der Waals surface area (Å²) < 4.78 is 49.1. The highest BCUT2D eigenvalue weighted by Gasteiger charge is 2.65. The van der Waals surface area contributed by atoms with Crippen LogP contribution in [0.15, 0.2) is 36.4 Å². The molecule has 2 bridgehead atoms. The van der Waals surface area contributed by atoms with Gasteiger partial charge in [-0.1, -0.05) is 32.0 Å². The first kappa shape index (κ1) is 25.1. The third kappa shape index (κ3) is 3.75. The van der Waals surface area contributed by atoms with Crippen LogP contribution < -0.4 is 4.74 Å². The maximum absolute atomic E-state index is 13.3. The van der Waals surface area contributed by atoms with Crippen molar-refractivity contribution in [3.63, 3.8) is 0 Å². The molecule has 2 aliphatic rings.